The van der Waals surface area contributed by atoms with Crippen molar-refractivity contribution in [2.24, 2.45) is 5.10 Å². The molecule has 1 spiro atoms. The van der Waals surface area contributed by atoms with Crippen molar-refractivity contribution < 1.29 is 14.2 Å². The third-order valence-corrected chi connectivity index (χ3v) is 6.96. The van der Waals surface area contributed by atoms with Crippen LogP contribution in [-0.2, 0) is 0 Å². The van der Waals surface area contributed by atoms with Crippen molar-refractivity contribution in [1.82, 2.24) is 9.91 Å². The van der Waals surface area contributed by atoms with Crippen molar-refractivity contribution in [3.63, 3.8) is 0 Å². The topological polar surface area (TPSA) is 46.5 Å². The Hall–Kier alpha value is -2.73. The number of rotatable bonds is 3. The monoisotopic (exact) mass is 419 g/mol. The molecule has 0 amide bonds. The number of ether oxygens (including phenoxy) is 3. The Morgan fingerprint density at radius 1 is 1.00 bits per heavy atom. The molecule has 6 nitrogen and oxygen atoms in total. The summed E-state index contributed by atoms with van der Waals surface area (Å²) in [5, 5.41) is 7.47. The summed E-state index contributed by atoms with van der Waals surface area (Å²) >= 11 is 0. The molecule has 31 heavy (non-hydrogen) atoms. The van der Waals surface area contributed by atoms with Crippen LogP contribution < -0.4 is 14.2 Å². The van der Waals surface area contributed by atoms with Crippen LogP contribution in [0.15, 0.2) is 47.6 Å². The SMILES string of the molecule is CCCN1CCC2(CC1)Oc1ccccc1[C@@H]1CC(c3ccc4c(c3)OCCO4)=NN12. The molecule has 4 aliphatic rings. The van der Waals surface area contributed by atoms with Crippen molar-refractivity contribution >= 4 is 5.71 Å². The third-order valence-electron chi connectivity index (χ3n) is 6.96. The van der Waals surface area contributed by atoms with Crippen LogP contribution in [0.25, 0.3) is 0 Å². The van der Waals surface area contributed by atoms with Gasteiger partial charge in [-0.2, -0.15) is 5.10 Å². The van der Waals surface area contributed by atoms with Crippen LogP contribution in [0, 0.1) is 0 Å². The predicted molar refractivity (Wildman–Crippen MR) is 119 cm³/mol. The van der Waals surface area contributed by atoms with E-state index in [-0.39, 0.29) is 11.8 Å². The molecule has 2 aromatic carbocycles. The molecule has 0 saturated carbocycles. The van der Waals surface area contributed by atoms with Crippen molar-refractivity contribution in [3.05, 3.63) is 53.6 Å². The first-order valence-electron chi connectivity index (χ1n) is 11.5. The third kappa shape index (κ3) is 3.16. The second-order valence-electron chi connectivity index (χ2n) is 8.90. The van der Waals surface area contributed by atoms with Gasteiger partial charge >= 0.3 is 0 Å². The number of hydrazone groups is 1. The first kappa shape index (κ1) is 19.0. The maximum atomic E-state index is 6.72. The van der Waals surface area contributed by atoms with Crippen molar-refractivity contribution in [3.8, 4) is 17.2 Å². The standard InChI is InChI=1S/C25H29N3O3/c1-2-11-27-12-9-25(10-13-27)28-21(19-5-3-4-6-22(19)31-25)17-20(26-28)18-7-8-23-24(16-18)30-15-14-29-23/h3-8,16,21H,2,9-15,17H2,1H3/t21-/m0/s1. The summed E-state index contributed by atoms with van der Waals surface area (Å²) in [6, 6.07) is 14.9. The van der Waals surface area contributed by atoms with E-state index in [9.17, 15) is 0 Å². The zero-order chi connectivity index (χ0) is 20.8. The highest BCUT2D eigenvalue weighted by molar-refractivity contribution is 6.02. The molecular weight excluding hydrogens is 390 g/mol. The first-order valence-corrected chi connectivity index (χ1v) is 11.5. The van der Waals surface area contributed by atoms with Crippen LogP contribution in [0.4, 0.5) is 0 Å². The molecule has 1 atom stereocenters. The Bertz CT molecular complexity index is 1010. The molecule has 162 valence electrons. The Morgan fingerprint density at radius 3 is 2.65 bits per heavy atom. The fourth-order valence-electron chi connectivity index (χ4n) is 5.40. The van der Waals surface area contributed by atoms with Crippen LogP contribution in [0.1, 0.15) is 49.8 Å². The maximum Gasteiger partial charge on any atom is 0.200 e. The number of hydrogen-bond acceptors (Lipinski definition) is 6. The molecule has 6 rings (SSSR count). The van der Waals surface area contributed by atoms with Gasteiger partial charge in [-0.25, -0.2) is 5.01 Å². The lowest BCUT2D eigenvalue weighted by molar-refractivity contribution is -0.149. The number of hydrogen-bond donors (Lipinski definition) is 0. The summed E-state index contributed by atoms with van der Waals surface area (Å²) in [4.78, 5) is 2.55. The molecule has 4 heterocycles. The fraction of sp³-hybridized carbons (Fsp3) is 0.480. The van der Waals surface area contributed by atoms with E-state index in [1.165, 1.54) is 12.0 Å². The van der Waals surface area contributed by atoms with Gasteiger partial charge in [-0.15, -0.1) is 0 Å². The number of benzene rings is 2. The molecule has 0 aromatic heterocycles. The van der Waals surface area contributed by atoms with E-state index < -0.39 is 0 Å². The Kier molecular flexibility index (Phi) is 4.56. The van der Waals surface area contributed by atoms with Crippen LogP contribution in [0.3, 0.4) is 0 Å². The second-order valence-corrected chi connectivity index (χ2v) is 8.90. The van der Waals surface area contributed by atoms with Gasteiger partial charge in [0.25, 0.3) is 0 Å². The molecule has 0 N–H and O–H groups in total. The lowest BCUT2D eigenvalue weighted by atomic mass is 9.90. The summed E-state index contributed by atoms with van der Waals surface area (Å²) in [6.45, 7) is 6.70. The summed E-state index contributed by atoms with van der Waals surface area (Å²) in [5.74, 6) is 2.65. The molecule has 0 bridgehead atoms. The number of para-hydroxylation sites is 1. The van der Waals surface area contributed by atoms with Gasteiger partial charge in [0, 0.05) is 43.5 Å². The van der Waals surface area contributed by atoms with E-state index in [1.54, 1.807) is 0 Å². The quantitative estimate of drug-likeness (QED) is 0.746. The minimum Gasteiger partial charge on any atom is -0.486 e. The van der Waals surface area contributed by atoms with Gasteiger partial charge in [-0.3, -0.25) is 0 Å². The highest BCUT2D eigenvalue weighted by Gasteiger charge is 2.51. The van der Waals surface area contributed by atoms with E-state index in [2.05, 4.69) is 53.2 Å². The van der Waals surface area contributed by atoms with E-state index in [0.717, 1.165) is 67.4 Å². The van der Waals surface area contributed by atoms with E-state index >= 15 is 0 Å². The van der Waals surface area contributed by atoms with Crippen molar-refractivity contribution in [2.45, 2.75) is 44.4 Å². The zero-order valence-corrected chi connectivity index (χ0v) is 18.0. The van der Waals surface area contributed by atoms with Crippen LogP contribution >= 0.6 is 0 Å². The smallest absolute Gasteiger partial charge is 0.200 e. The molecule has 4 aliphatic heterocycles. The van der Waals surface area contributed by atoms with E-state index in [4.69, 9.17) is 19.3 Å². The maximum absolute atomic E-state index is 6.72. The summed E-state index contributed by atoms with van der Waals surface area (Å²) in [6.07, 6.45) is 4.00. The number of piperidine rings is 1. The Balaban J connectivity index is 1.36. The number of nitrogens with zero attached hydrogens (tertiary/aromatic N) is 3. The zero-order valence-electron chi connectivity index (χ0n) is 18.0. The highest BCUT2D eigenvalue weighted by Crippen LogP contribution is 2.50. The second kappa shape index (κ2) is 7.45. The van der Waals surface area contributed by atoms with E-state index in [1.807, 2.05) is 6.07 Å². The number of likely N-dealkylation sites (tertiary alicyclic amines) is 1. The molecule has 2 aromatic rings. The van der Waals surface area contributed by atoms with E-state index in [0.29, 0.717) is 13.2 Å². The number of fused-ring (bicyclic) bond motifs is 5. The molecule has 1 fully saturated rings. The average molecular weight is 420 g/mol. The van der Waals surface area contributed by atoms with Crippen molar-refractivity contribution in [2.75, 3.05) is 32.8 Å². The van der Waals surface area contributed by atoms with Gasteiger partial charge in [-0.05, 0) is 37.2 Å². The Labute approximate surface area is 183 Å². The van der Waals surface area contributed by atoms with Gasteiger partial charge in [-0.1, -0.05) is 25.1 Å². The summed E-state index contributed by atoms with van der Waals surface area (Å²) in [5.41, 5.74) is 3.08. The summed E-state index contributed by atoms with van der Waals surface area (Å²) in [7, 11) is 0. The lowest BCUT2D eigenvalue weighted by Gasteiger charge is -2.51. The summed E-state index contributed by atoms with van der Waals surface area (Å²) < 4.78 is 18.2. The minimum atomic E-state index is -0.362. The molecular formula is C25H29N3O3. The largest absolute Gasteiger partial charge is 0.486 e. The molecule has 0 radical (unpaired) electrons. The van der Waals surface area contributed by atoms with Gasteiger partial charge in [0.2, 0.25) is 5.72 Å². The van der Waals surface area contributed by atoms with Crippen LogP contribution in [-0.4, -0.2) is 54.2 Å². The molecule has 6 heteroatoms. The first-order chi connectivity index (χ1) is 15.3. The van der Waals surface area contributed by atoms with Gasteiger partial charge in [0.05, 0.1) is 11.8 Å². The normalized spacial score (nSPS) is 23.7. The van der Waals surface area contributed by atoms with Gasteiger partial charge < -0.3 is 19.1 Å². The predicted octanol–water partition coefficient (Wildman–Crippen LogP) is 4.20. The van der Waals surface area contributed by atoms with Gasteiger partial charge in [0.1, 0.15) is 19.0 Å². The van der Waals surface area contributed by atoms with Gasteiger partial charge in [0.15, 0.2) is 11.5 Å². The fourth-order valence-corrected chi connectivity index (χ4v) is 5.40. The van der Waals surface area contributed by atoms with Crippen molar-refractivity contribution in [1.29, 1.82) is 0 Å². The average Bonchev–Trinajstić information content (AvgIpc) is 3.28. The van der Waals surface area contributed by atoms with Crippen LogP contribution in [0.5, 0.6) is 17.2 Å². The van der Waals surface area contributed by atoms with Crippen LogP contribution in [0.2, 0.25) is 0 Å². The highest BCUT2D eigenvalue weighted by atomic mass is 16.6. The molecule has 0 unspecified atom stereocenters. The molecule has 1 saturated heterocycles. The Morgan fingerprint density at radius 2 is 1.81 bits per heavy atom. The molecule has 0 aliphatic carbocycles. The lowest BCUT2D eigenvalue weighted by Crippen LogP contribution is -2.59. The minimum absolute atomic E-state index is 0.214.